The zero-order chi connectivity index (χ0) is 21.2. The molecule has 0 atom stereocenters. The Bertz CT molecular complexity index is 709. The average molecular weight is 412 g/mol. The summed E-state index contributed by atoms with van der Waals surface area (Å²) in [7, 11) is 0. The molecule has 0 bridgehead atoms. The van der Waals surface area contributed by atoms with Gasteiger partial charge in [-0.25, -0.2) is 4.79 Å². The van der Waals surface area contributed by atoms with Gasteiger partial charge in [0.25, 0.3) is 0 Å². The van der Waals surface area contributed by atoms with Crippen molar-refractivity contribution in [2.24, 2.45) is 5.92 Å². The quantitative estimate of drug-likeness (QED) is 0.748. The van der Waals surface area contributed by atoms with E-state index in [1.54, 1.807) is 17.0 Å². The number of hydrogen-bond donors (Lipinski definition) is 2. The molecule has 1 aliphatic carbocycles. The van der Waals surface area contributed by atoms with E-state index in [1.165, 1.54) is 6.07 Å². The number of nitrogens with zero attached hydrogens (tertiary/aromatic N) is 1. The molecule has 2 fully saturated rings. The lowest BCUT2D eigenvalue weighted by atomic mass is 9.77. The highest BCUT2D eigenvalue weighted by Gasteiger charge is 2.36. The number of nitrogens with one attached hydrogen (secondary N) is 1. The third-order valence-electron chi connectivity index (χ3n) is 5.80. The van der Waals surface area contributed by atoms with Crippen LogP contribution in [0.25, 0.3) is 0 Å². The van der Waals surface area contributed by atoms with Crippen molar-refractivity contribution in [1.29, 1.82) is 0 Å². The molecule has 162 valence electrons. The maximum absolute atomic E-state index is 12.6. The van der Waals surface area contributed by atoms with Crippen molar-refractivity contribution in [3.8, 4) is 11.5 Å². The van der Waals surface area contributed by atoms with Gasteiger partial charge in [-0.05, 0) is 70.1 Å². The third-order valence-corrected chi connectivity index (χ3v) is 5.80. The molecule has 0 unspecified atom stereocenters. The van der Waals surface area contributed by atoms with E-state index in [2.05, 4.69) is 10.1 Å². The van der Waals surface area contributed by atoms with Gasteiger partial charge in [-0.15, -0.1) is 0 Å². The molecule has 0 spiro atoms. The second-order valence-corrected chi connectivity index (χ2v) is 8.63. The largest absolute Gasteiger partial charge is 0.483 e. The molecule has 8 heteroatoms. The van der Waals surface area contributed by atoms with Gasteiger partial charge >= 0.3 is 12.6 Å². The smallest absolute Gasteiger partial charge is 0.387 e. The Morgan fingerprint density at radius 2 is 1.86 bits per heavy atom. The van der Waals surface area contributed by atoms with Gasteiger partial charge in [0.1, 0.15) is 6.10 Å². The fraction of sp³-hybridized carbons (Fsp3) is 0.667. The highest BCUT2D eigenvalue weighted by Crippen LogP contribution is 2.33. The Morgan fingerprint density at radius 3 is 2.45 bits per heavy atom. The maximum atomic E-state index is 12.6. The number of hydrogen-bond acceptors (Lipinski definition) is 4. The molecule has 2 N–H and O–H groups in total. The van der Waals surface area contributed by atoms with Crippen molar-refractivity contribution < 1.29 is 28.2 Å². The fourth-order valence-electron chi connectivity index (χ4n) is 3.97. The Hall–Kier alpha value is -2.09. The second-order valence-electron chi connectivity index (χ2n) is 8.63. The highest BCUT2D eigenvalue weighted by atomic mass is 19.3. The number of aryl methyl sites for hydroxylation is 1. The zero-order valence-electron chi connectivity index (χ0n) is 17.2. The van der Waals surface area contributed by atoms with Crippen LogP contribution in [0.3, 0.4) is 0 Å². The van der Waals surface area contributed by atoms with Gasteiger partial charge in [-0.1, -0.05) is 6.07 Å². The summed E-state index contributed by atoms with van der Waals surface area (Å²) in [5, 5.41) is 13.2. The zero-order valence-corrected chi connectivity index (χ0v) is 17.2. The molecule has 1 aliphatic heterocycles. The molecular formula is C21H30F2N2O4. The van der Waals surface area contributed by atoms with E-state index < -0.39 is 12.2 Å². The number of carbonyl (C=O) groups excluding carboxylic acids is 1. The number of urea groups is 1. The van der Waals surface area contributed by atoms with Crippen molar-refractivity contribution in [2.75, 3.05) is 13.1 Å². The highest BCUT2D eigenvalue weighted by molar-refractivity contribution is 5.75. The Balaban J connectivity index is 1.45. The maximum Gasteiger partial charge on any atom is 0.387 e. The van der Waals surface area contributed by atoms with Crippen molar-refractivity contribution in [3.05, 3.63) is 23.8 Å². The van der Waals surface area contributed by atoms with Crippen molar-refractivity contribution in [2.45, 2.75) is 70.8 Å². The first-order valence-corrected chi connectivity index (χ1v) is 10.1. The van der Waals surface area contributed by atoms with E-state index in [4.69, 9.17) is 4.74 Å². The minimum atomic E-state index is -2.92. The number of carbonyl (C=O) groups is 1. The first-order valence-electron chi connectivity index (χ1n) is 10.1. The number of benzene rings is 1. The van der Waals surface area contributed by atoms with Gasteiger partial charge in [-0.2, -0.15) is 8.78 Å². The molecule has 2 aliphatic rings. The SMILES string of the molecule is Cc1ccc(OC(F)F)c(OC2CN(C(=O)NC3CCC(C(C)(C)O)CC3)C2)c1. The molecule has 1 saturated carbocycles. The Labute approximate surface area is 170 Å². The molecular weight excluding hydrogens is 382 g/mol. The van der Waals surface area contributed by atoms with Crippen LogP contribution in [0.4, 0.5) is 13.6 Å². The number of ether oxygens (including phenoxy) is 2. The molecule has 0 aromatic heterocycles. The van der Waals surface area contributed by atoms with Crippen molar-refractivity contribution in [1.82, 2.24) is 10.2 Å². The number of aliphatic hydroxyl groups is 1. The molecule has 6 nitrogen and oxygen atoms in total. The summed E-state index contributed by atoms with van der Waals surface area (Å²) in [6, 6.07) is 4.78. The van der Waals surface area contributed by atoms with E-state index in [0.29, 0.717) is 13.1 Å². The van der Waals surface area contributed by atoms with Gasteiger partial charge in [-0.3, -0.25) is 0 Å². The van der Waals surface area contributed by atoms with Crippen LogP contribution in [0.5, 0.6) is 11.5 Å². The lowest BCUT2D eigenvalue weighted by Gasteiger charge is -2.41. The van der Waals surface area contributed by atoms with E-state index in [1.807, 2.05) is 20.8 Å². The number of likely N-dealkylation sites (tertiary alicyclic amines) is 1. The standard InChI is InChI=1S/C21H30F2N2O4/c1-13-4-9-17(29-19(22)23)18(10-13)28-16-11-25(12-16)20(26)24-15-7-5-14(6-8-15)21(2,3)27/h4,9-10,14-16,19,27H,5-8,11-12H2,1-3H3,(H,24,26). The Kier molecular flexibility index (Phi) is 6.51. The summed E-state index contributed by atoms with van der Waals surface area (Å²) in [4.78, 5) is 14.1. The van der Waals surface area contributed by atoms with Crippen molar-refractivity contribution in [3.63, 3.8) is 0 Å². The van der Waals surface area contributed by atoms with Gasteiger partial charge < -0.3 is 24.8 Å². The first kappa shape index (κ1) is 21.6. The second kappa shape index (κ2) is 8.73. The average Bonchev–Trinajstić information content (AvgIpc) is 2.59. The third kappa shape index (κ3) is 5.72. The first-order chi connectivity index (χ1) is 13.6. The van der Waals surface area contributed by atoms with Crippen LogP contribution in [-0.4, -0.2) is 53.5 Å². The van der Waals surface area contributed by atoms with Crippen LogP contribution in [0.15, 0.2) is 18.2 Å². The normalized spacial score (nSPS) is 22.9. The van der Waals surface area contributed by atoms with Gasteiger partial charge in [0.15, 0.2) is 11.5 Å². The predicted molar refractivity (Wildman–Crippen MR) is 104 cm³/mol. The van der Waals surface area contributed by atoms with Gasteiger partial charge in [0.2, 0.25) is 0 Å². The van der Waals surface area contributed by atoms with Crippen LogP contribution in [0, 0.1) is 12.8 Å². The van der Waals surface area contributed by atoms with Crippen molar-refractivity contribution >= 4 is 6.03 Å². The van der Waals surface area contributed by atoms with Crippen LogP contribution in [-0.2, 0) is 0 Å². The number of amides is 2. The monoisotopic (exact) mass is 412 g/mol. The van der Waals surface area contributed by atoms with Gasteiger partial charge in [0.05, 0.1) is 18.7 Å². The summed E-state index contributed by atoms with van der Waals surface area (Å²) in [5.41, 5.74) is 0.192. The van der Waals surface area contributed by atoms with Crippen LogP contribution in [0.1, 0.15) is 45.1 Å². The molecule has 1 aromatic rings. The number of rotatable bonds is 6. The molecule has 1 saturated heterocycles. The molecule has 1 aromatic carbocycles. The molecule has 2 amide bonds. The topological polar surface area (TPSA) is 71.0 Å². The van der Waals surface area contributed by atoms with E-state index in [-0.39, 0.29) is 35.6 Å². The fourth-order valence-corrected chi connectivity index (χ4v) is 3.97. The molecule has 0 radical (unpaired) electrons. The minimum absolute atomic E-state index is 0.00271. The molecule has 29 heavy (non-hydrogen) atoms. The molecule has 1 heterocycles. The van der Waals surface area contributed by atoms with Crippen LogP contribution in [0.2, 0.25) is 0 Å². The van der Waals surface area contributed by atoms with Crippen LogP contribution < -0.4 is 14.8 Å². The Morgan fingerprint density at radius 1 is 1.21 bits per heavy atom. The summed E-state index contributed by atoms with van der Waals surface area (Å²) in [5.74, 6) is 0.522. The molecule has 3 rings (SSSR count). The lowest BCUT2D eigenvalue weighted by Crippen LogP contribution is -2.60. The lowest BCUT2D eigenvalue weighted by molar-refractivity contribution is -0.0534. The van der Waals surface area contributed by atoms with Gasteiger partial charge in [0, 0.05) is 6.04 Å². The van der Waals surface area contributed by atoms with Crippen LogP contribution >= 0.6 is 0 Å². The summed E-state index contributed by atoms with van der Waals surface area (Å²) < 4.78 is 35.4. The van der Waals surface area contributed by atoms with E-state index in [9.17, 15) is 18.7 Å². The predicted octanol–water partition coefficient (Wildman–Crippen LogP) is 3.70. The number of halogens is 2. The van der Waals surface area contributed by atoms with E-state index >= 15 is 0 Å². The minimum Gasteiger partial charge on any atom is -0.483 e. The van der Waals surface area contributed by atoms with E-state index in [0.717, 1.165) is 31.2 Å². The number of alkyl halides is 2. The summed E-state index contributed by atoms with van der Waals surface area (Å²) in [6.07, 6.45) is 3.23. The summed E-state index contributed by atoms with van der Waals surface area (Å²) in [6.45, 7) is 3.38. The summed E-state index contributed by atoms with van der Waals surface area (Å²) >= 11 is 0.